The number of nitrogens with zero attached hydrogens (tertiary/aromatic N) is 2. The number of benzene rings is 1. The van der Waals surface area contributed by atoms with Gasteiger partial charge in [-0.1, -0.05) is 33.2 Å². The third-order valence-corrected chi connectivity index (χ3v) is 2.66. The molecule has 1 atom stereocenters. The van der Waals surface area contributed by atoms with Gasteiger partial charge < -0.3 is 15.0 Å². The van der Waals surface area contributed by atoms with Gasteiger partial charge in [-0.3, -0.25) is 0 Å². The summed E-state index contributed by atoms with van der Waals surface area (Å²) >= 11 is 3.36. The lowest BCUT2D eigenvalue weighted by molar-refractivity contribution is 0.0959. The van der Waals surface area contributed by atoms with E-state index in [2.05, 4.69) is 26.1 Å². The molecule has 0 radical (unpaired) electrons. The van der Waals surface area contributed by atoms with E-state index in [1.54, 1.807) is 6.92 Å². The number of carbonyl (C=O) groups excluding carboxylic acids is 1. The van der Waals surface area contributed by atoms with Gasteiger partial charge in [-0.15, -0.1) is 0 Å². The van der Waals surface area contributed by atoms with Crippen molar-refractivity contribution >= 4 is 22.0 Å². The van der Waals surface area contributed by atoms with Crippen molar-refractivity contribution in [2.75, 3.05) is 0 Å². The Bertz CT molecular complexity index is 570. The predicted molar refractivity (Wildman–Crippen MR) is 66.5 cm³/mol. The summed E-state index contributed by atoms with van der Waals surface area (Å²) in [7, 11) is 0. The van der Waals surface area contributed by atoms with Crippen molar-refractivity contribution < 1.29 is 14.1 Å². The van der Waals surface area contributed by atoms with E-state index in [0.29, 0.717) is 5.82 Å². The Balaban J connectivity index is 2.22. The van der Waals surface area contributed by atoms with Crippen molar-refractivity contribution in [3.8, 4) is 11.4 Å². The minimum Gasteiger partial charge on any atom is -0.437 e. The minimum absolute atomic E-state index is 0.198. The van der Waals surface area contributed by atoms with Crippen molar-refractivity contribution in [1.82, 2.24) is 10.1 Å². The Kier molecular flexibility index (Phi) is 3.61. The maximum Gasteiger partial charge on any atom is 0.405 e. The van der Waals surface area contributed by atoms with Crippen molar-refractivity contribution in [3.05, 3.63) is 34.6 Å². The van der Waals surface area contributed by atoms with E-state index < -0.39 is 12.2 Å². The molecule has 1 unspecified atom stereocenters. The van der Waals surface area contributed by atoms with Crippen LogP contribution in [0, 0.1) is 0 Å². The van der Waals surface area contributed by atoms with Crippen molar-refractivity contribution in [3.63, 3.8) is 0 Å². The van der Waals surface area contributed by atoms with Gasteiger partial charge in [0.1, 0.15) is 0 Å². The molecular formula is C11H10BrN3O3. The van der Waals surface area contributed by atoms with Gasteiger partial charge >= 0.3 is 6.09 Å². The fraction of sp³-hybridized carbons (Fsp3) is 0.182. The molecule has 0 aliphatic rings. The first-order valence-electron chi connectivity index (χ1n) is 5.12. The molecule has 0 bridgehead atoms. The van der Waals surface area contributed by atoms with Crippen LogP contribution in [0.25, 0.3) is 11.4 Å². The fourth-order valence-corrected chi connectivity index (χ4v) is 1.77. The van der Waals surface area contributed by atoms with Crippen molar-refractivity contribution in [2.45, 2.75) is 13.0 Å². The van der Waals surface area contributed by atoms with E-state index in [-0.39, 0.29) is 5.89 Å². The zero-order valence-corrected chi connectivity index (χ0v) is 11.0. The SMILES string of the molecule is CC(OC(N)=O)c1nc(-c2cccc(Br)c2)no1. The average molecular weight is 312 g/mol. The third kappa shape index (κ3) is 2.86. The van der Waals surface area contributed by atoms with Gasteiger partial charge in [-0.25, -0.2) is 4.79 Å². The number of rotatable bonds is 3. The van der Waals surface area contributed by atoms with Crippen LogP contribution in [-0.2, 0) is 4.74 Å². The van der Waals surface area contributed by atoms with E-state index >= 15 is 0 Å². The number of ether oxygens (including phenoxy) is 1. The molecule has 7 heteroatoms. The van der Waals surface area contributed by atoms with Gasteiger partial charge in [0.15, 0.2) is 6.10 Å². The van der Waals surface area contributed by atoms with Crippen LogP contribution in [0.1, 0.15) is 18.9 Å². The van der Waals surface area contributed by atoms with Crippen LogP contribution in [0.3, 0.4) is 0 Å². The molecule has 0 aliphatic heterocycles. The maximum absolute atomic E-state index is 10.6. The fourth-order valence-electron chi connectivity index (χ4n) is 1.37. The number of carbonyl (C=O) groups is 1. The highest BCUT2D eigenvalue weighted by molar-refractivity contribution is 9.10. The van der Waals surface area contributed by atoms with E-state index in [9.17, 15) is 4.79 Å². The molecule has 0 aliphatic carbocycles. The Morgan fingerprint density at radius 2 is 2.33 bits per heavy atom. The highest BCUT2D eigenvalue weighted by Crippen LogP contribution is 2.22. The van der Waals surface area contributed by atoms with Crippen molar-refractivity contribution in [1.29, 1.82) is 0 Å². The van der Waals surface area contributed by atoms with Crippen molar-refractivity contribution in [2.24, 2.45) is 5.73 Å². The number of primary amides is 1. The lowest BCUT2D eigenvalue weighted by atomic mass is 10.2. The van der Waals surface area contributed by atoms with E-state index in [4.69, 9.17) is 15.0 Å². The summed E-state index contributed by atoms with van der Waals surface area (Å²) in [6.07, 6.45) is -1.55. The van der Waals surface area contributed by atoms with Gasteiger partial charge in [0.25, 0.3) is 5.89 Å². The number of hydrogen-bond donors (Lipinski definition) is 1. The first-order valence-corrected chi connectivity index (χ1v) is 5.91. The summed E-state index contributed by atoms with van der Waals surface area (Å²) in [4.78, 5) is 14.8. The molecule has 1 amide bonds. The molecule has 94 valence electrons. The normalized spacial score (nSPS) is 12.1. The first-order chi connectivity index (χ1) is 8.56. The van der Waals surface area contributed by atoms with Crippen LogP contribution in [0.2, 0.25) is 0 Å². The Hall–Kier alpha value is -1.89. The Morgan fingerprint density at radius 1 is 1.56 bits per heavy atom. The highest BCUT2D eigenvalue weighted by Gasteiger charge is 2.17. The van der Waals surface area contributed by atoms with E-state index in [0.717, 1.165) is 10.0 Å². The number of nitrogens with two attached hydrogens (primary N) is 1. The number of amides is 1. The summed E-state index contributed by atoms with van der Waals surface area (Å²) in [5, 5.41) is 3.82. The third-order valence-electron chi connectivity index (χ3n) is 2.17. The zero-order chi connectivity index (χ0) is 13.1. The molecule has 0 saturated carbocycles. The minimum atomic E-state index is -0.885. The average Bonchev–Trinajstić information content (AvgIpc) is 2.77. The van der Waals surface area contributed by atoms with E-state index in [1.807, 2.05) is 24.3 Å². The monoisotopic (exact) mass is 311 g/mol. The quantitative estimate of drug-likeness (QED) is 0.940. The molecule has 1 aromatic heterocycles. The number of hydrogen-bond acceptors (Lipinski definition) is 5. The standard InChI is InChI=1S/C11H10BrN3O3/c1-6(17-11(13)16)10-14-9(15-18-10)7-3-2-4-8(12)5-7/h2-6H,1H3,(H2,13,16). The number of halogens is 1. The largest absolute Gasteiger partial charge is 0.437 e. The second-order valence-corrected chi connectivity index (χ2v) is 4.46. The molecule has 18 heavy (non-hydrogen) atoms. The van der Waals surface area contributed by atoms with Gasteiger partial charge in [-0.2, -0.15) is 4.98 Å². The Morgan fingerprint density at radius 3 is 3.00 bits per heavy atom. The number of aromatic nitrogens is 2. The molecule has 6 nitrogen and oxygen atoms in total. The predicted octanol–water partition coefficient (Wildman–Crippen LogP) is 2.66. The molecule has 1 heterocycles. The van der Waals surface area contributed by atoms with Gasteiger partial charge in [0, 0.05) is 10.0 Å². The summed E-state index contributed by atoms with van der Waals surface area (Å²) in [6.45, 7) is 1.60. The molecule has 0 fully saturated rings. The molecule has 2 rings (SSSR count). The molecule has 0 spiro atoms. The van der Waals surface area contributed by atoms with Crippen LogP contribution in [-0.4, -0.2) is 16.2 Å². The van der Waals surface area contributed by atoms with Crippen LogP contribution in [0.5, 0.6) is 0 Å². The van der Waals surface area contributed by atoms with E-state index in [1.165, 1.54) is 0 Å². The summed E-state index contributed by atoms with van der Waals surface area (Å²) < 4.78 is 10.7. The van der Waals surface area contributed by atoms with Gasteiger partial charge in [0.2, 0.25) is 5.82 Å². The van der Waals surface area contributed by atoms with Gasteiger partial charge in [0.05, 0.1) is 0 Å². The molecular weight excluding hydrogens is 302 g/mol. The second kappa shape index (κ2) is 5.18. The summed E-state index contributed by atoms with van der Waals surface area (Å²) in [5.74, 6) is 0.620. The first kappa shape index (κ1) is 12.6. The summed E-state index contributed by atoms with van der Waals surface area (Å²) in [5.41, 5.74) is 5.71. The topological polar surface area (TPSA) is 91.2 Å². The lowest BCUT2D eigenvalue weighted by Crippen LogP contribution is -2.15. The Labute approximate surface area is 111 Å². The highest BCUT2D eigenvalue weighted by atomic mass is 79.9. The van der Waals surface area contributed by atoms with Crippen LogP contribution in [0.4, 0.5) is 4.79 Å². The second-order valence-electron chi connectivity index (χ2n) is 3.55. The van der Waals surface area contributed by atoms with Gasteiger partial charge in [-0.05, 0) is 19.1 Å². The molecule has 1 aromatic carbocycles. The molecule has 0 saturated heterocycles. The summed E-state index contributed by atoms with van der Waals surface area (Å²) in [6, 6.07) is 7.45. The molecule has 2 N–H and O–H groups in total. The smallest absolute Gasteiger partial charge is 0.405 e. The zero-order valence-electron chi connectivity index (χ0n) is 9.46. The maximum atomic E-state index is 10.6. The van der Waals surface area contributed by atoms with Crippen LogP contribution >= 0.6 is 15.9 Å². The lowest BCUT2D eigenvalue weighted by Gasteiger charge is -2.04. The van der Waals surface area contributed by atoms with Crippen LogP contribution < -0.4 is 5.73 Å². The molecule has 2 aromatic rings. The van der Waals surface area contributed by atoms with Crippen LogP contribution in [0.15, 0.2) is 33.3 Å².